The van der Waals surface area contributed by atoms with Crippen LogP contribution in [-0.4, -0.2) is 63.4 Å². The Hall–Kier alpha value is -4.47. The van der Waals surface area contributed by atoms with E-state index in [1.54, 1.807) is 11.1 Å². The number of hydrogen-bond acceptors (Lipinski definition) is 7. The number of benzene rings is 2. The Bertz CT molecular complexity index is 1860. The summed E-state index contributed by atoms with van der Waals surface area (Å²) in [5, 5.41) is 0.459. The predicted octanol–water partition coefficient (Wildman–Crippen LogP) is 6.40. The summed E-state index contributed by atoms with van der Waals surface area (Å²) in [6.07, 6.45) is 1.95. The molecule has 236 valence electrons. The highest BCUT2D eigenvalue weighted by Crippen LogP contribution is 2.43. The van der Waals surface area contributed by atoms with Crippen LogP contribution in [-0.2, 0) is 11.2 Å². The van der Waals surface area contributed by atoms with Crippen molar-refractivity contribution in [3.63, 3.8) is 0 Å². The van der Waals surface area contributed by atoms with Crippen LogP contribution in [0.3, 0.4) is 0 Å². The van der Waals surface area contributed by atoms with Crippen LogP contribution in [0, 0.1) is 12.7 Å². The number of aryl methyl sites for hydroxylation is 1. The zero-order valence-electron chi connectivity index (χ0n) is 27.0. The fourth-order valence-electron chi connectivity index (χ4n) is 6.40. The van der Waals surface area contributed by atoms with Crippen LogP contribution in [0.1, 0.15) is 64.3 Å². The molecule has 45 heavy (non-hydrogen) atoms. The summed E-state index contributed by atoms with van der Waals surface area (Å²) in [7, 11) is 0. The minimum absolute atomic E-state index is 0.0320. The van der Waals surface area contributed by atoms with Gasteiger partial charge >= 0.3 is 11.8 Å². The summed E-state index contributed by atoms with van der Waals surface area (Å²) < 4.78 is 30.6. The van der Waals surface area contributed by atoms with Gasteiger partial charge in [-0.2, -0.15) is 4.98 Å². The molecule has 2 aromatic heterocycles. The van der Waals surface area contributed by atoms with E-state index in [9.17, 15) is 9.59 Å². The smallest absolute Gasteiger partial charge is 0.410 e. The van der Waals surface area contributed by atoms with Crippen LogP contribution in [0.4, 0.5) is 15.0 Å². The van der Waals surface area contributed by atoms with Crippen molar-refractivity contribution < 1.29 is 18.7 Å². The van der Waals surface area contributed by atoms with Crippen molar-refractivity contribution in [2.75, 3.05) is 31.1 Å². The molecule has 0 unspecified atom stereocenters. The third-order valence-electron chi connectivity index (χ3n) is 8.45. The number of halogens is 1. The van der Waals surface area contributed by atoms with Gasteiger partial charge in [-0.3, -0.25) is 9.55 Å². The van der Waals surface area contributed by atoms with Gasteiger partial charge in [0.25, 0.3) is 0 Å². The second-order valence-corrected chi connectivity index (χ2v) is 13.3. The number of piperazine rings is 1. The summed E-state index contributed by atoms with van der Waals surface area (Å²) in [5.74, 6) is 0.189. The van der Waals surface area contributed by atoms with E-state index in [0.717, 1.165) is 16.7 Å². The first-order valence-corrected chi connectivity index (χ1v) is 15.6. The molecule has 1 atom stereocenters. The van der Waals surface area contributed by atoms with Crippen LogP contribution in [0.5, 0.6) is 5.75 Å². The Labute approximate surface area is 262 Å². The lowest BCUT2D eigenvalue weighted by molar-refractivity contribution is 0.0218. The van der Waals surface area contributed by atoms with E-state index < -0.39 is 17.1 Å². The second-order valence-electron chi connectivity index (χ2n) is 13.3. The SMILES string of the molecule is Cc1ccnc(C(C)C)c1-n1c(=O)nc(N2CCN(C(=O)OC(C)(C)C)C[C@@H]2C)c2cc3c(c(F)c21)-c1ccccc1CCO3. The molecule has 9 nitrogen and oxygen atoms in total. The third kappa shape index (κ3) is 5.51. The van der Waals surface area contributed by atoms with Crippen molar-refractivity contribution >= 4 is 22.8 Å². The molecule has 0 saturated carbocycles. The van der Waals surface area contributed by atoms with Crippen LogP contribution >= 0.6 is 0 Å². The number of hydrogen-bond donors (Lipinski definition) is 0. The van der Waals surface area contributed by atoms with Gasteiger partial charge in [0, 0.05) is 43.7 Å². The molecule has 2 aliphatic rings. The van der Waals surface area contributed by atoms with Gasteiger partial charge in [0.15, 0.2) is 5.82 Å². The van der Waals surface area contributed by atoms with Gasteiger partial charge in [0.1, 0.15) is 17.2 Å². The first-order chi connectivity index (χ1) is 21.4. The van der Waals surface area contributed by atoms with Crippen molar-refractivity contribution in [3.05, 3.63) is 75.7 Å². The van der Waals surface area contributed by atoms with Gasteiger partial charge < -0.3 is 19.3 Å². The van der Waals surface area contributed by atoms with Crippen LogP contribution < -0.4 is 15.3 Å². The number of rotatable bonds is 3. The quantitative estimate of drug-likeness (QED) is 0.264. The van der Waals surface area contributed by atoms with E-state index in [-0.39, 0.29) is 23.6 Å². The molecule has 4 aromatic rings. The highest BCUT2D eigenvalue weighted by Gasteiger charge is 2.34. The maximum Gasteiger partial charge on any atom is 0.410 e. The molecule has 0 radical (unpaired) electrons. The van der Waals surface area contributed by atoms with Crippen molar-refractivity contribution in [2.24, 2.45) is 0 Å². The van der Waals surface area contributed by atoms with E-state index in [1.165, 1.54) is 4.57 Å². The summed E-state index contributed by atoms with van der Waals surface area (Å²) in [6, 6.07) is 11.1. The fourth-order valence-corrected chi connectivity index (χ4v) is 6.40. The number of ether oxygens (including phenoxy) is 2. The van der Waals surface area contributed by atoms with Gasteiger partial charge in [0.05, 0.1) is 29.1 Å². The molecule has 2 aliphatic heterocycles. The number of carbonyl (C=O) groups is 1. The number of aromatic nitrogens is 3. The molecule has 1 amide bonds. The van der Waals surface area contributed by atoms with Gasteiger partial charge in [-0.05, 0) is 69.4 Å². The van der Waals surface area contributed by atoms with Crippen LogP contribution in [0.15, 0.2) is 47.4 Å². The van der Waals surface area contributed by atoms with Gasteiger partial charge in [-0.1, -0.05) is 38.1 Å². The summed E-state index contributed by atoms with van der Waals surface area (Å²) in [5.41, 5.74) is 2.96. The Balaban J connectivity index is 1.60. The Morgan fingerprint density at radius 2 is 1.91 bits per heavy atom. The monoisotopic (exact) mass is 613 g/mol. The number of fused-ring (bicyclic) bond motifs is 4. The van der Waals surface area contributed by atoms with Gasteiger partial charge in [0.2, 0.25) is 0 Å². The topological polar surface area (TPSA) is 89.8 Å². The summed E-state index contributed by atoms with van der Waals surface area (Å²) >= 11 is 0. The second kappa shape index (κ2) is 11.5. The largest absolute Gasteiger partial charge is 0.492 e. The summed E-state index contributed by atoms with van der Waals surface area (Å²) in [6.45, 7) is 14.9. The number of anilines is 1. The van der Waals surface area contributed by atoms with E-state index in [4.69, 9.17) is 9.47 Å². The molecular weight excluding hydrogens is 573 g/mol. The lowest BCUT2D eigenvalue weighted by Gasteiger charge is -2.41. The van der Waals surface area contributed by atoms with Crippen molar-refractivity contribution in [1.29, 1.82) is 0 Å². The Morgan fingerprint density at radius 3 is 2.62 bits per heavy atom. The Morgan fingerprint density at radius 1 is 1.16 bits per heavy atom. The van der Waals surface area contributed by atoms with Crippen molar-refractivity contribution in [2.45, 2.75) is 72.4 Å². The van der Waals surface area contributed by atoms with E-state index >= 15 is 4.39 Å². The normalized spacial score (nSPS) is 16.7. The van der Waals surface area contributed by atoms with Crippen LogP contribution in [0.2, 0.25) is 0 Å². The van der Waals surface area contributed by atoms with E-state index in [2.05, 4.69) is 9.97 Å². The van der Waals surface area contributed by atoms with Crippen LogP contribution in [0.25, 0.3) is 27.7 Å². The Kier molecular flexibility index (Phi) is 7.79. The first kappa shape index (κ1) is 30.6. The molecule has 10 heteroatoms. The number of amides is 1. The van der Waals surface area contributed by atoms with Gasteiger partial charge in [-0.25, -0.2) is 14.0 Å². The third-order valence-corrected chi connectivity index (χ3v) is 8.45. The molecule has 1 saturated heterocycles. The molecular formula is C35H40FN5O4. The zero-order valence-corrected chi connectivity index (χ0v) is 27.0. The molecule has 2 aromatic carbocycles. The van der Waals surface area contributed by atoms with Crippen molar-refractivity contribution in [3.8, 4) is 22.6 Å². The molecule has 0 spiro atoms. The average Bonchev–Trinajstić information content (AvgIpc) is 3.16. The lowest BCUT2D eigenvalue weighted by Crippen LogP contribution is -2.55. The predicted molar refractivity (Wildman–Crippen MR) is 173 cm³/mol. The number of nitrogens with zero attached hydrogens (tertiary/aromatic N) is 5. The minimum Gasteiger partial charge on any atom is -0.492 e. The standard InChI is InChI=1S/C35H40FN5O4/c1-20(2)29-30(21(3)12-14-37-29)41-31-25(18-26-27(28(31)36)24-11-9-8-10-23(24)13-17-44-26)32(38-33(41)42)40-16-15-39(19-22(40)4)34(43)45-35(5,6)7/h8-12,14,18,20,22H,13,15-17,19H2,1-7H3/t22-/m0/s1. The average molecular weight is 614 g/mol. The maximum atomic E-state index is 17.4. The molecule has 0 N–H and O–H groups in total. The zero-order chi connectivity index (χ0) is 32.2. The fraction of sp³-hybridized carbons (Fsp3) is 0.429. The maximum absolute atomic E-state index is 17.4. The highest BCUT2D eigenvalue weighted by molar-refractivity contribution is 5.97. The van der Waals surface area contributed by atoms with Crippen molar-refractivity contribution in [1.82, 2.24) is 19.4 Å². The molecule has 4 heterocycles. The summed E-state index contributed by atoms with van der Waals surface area (Å²) in [4.78, 5) is 40.0. The first-order valence-electron chi connectivity index (χ1n) is 15.6. The van der Waals surface area contributed by atoms with Gasteiger partial charge in [-0.15, -0.1) is 0 Å². The number of carbonyl (C=O) groups excluding carboxylic acids is 1. The molecule has 1 fully saturated rings. The number of pyridine rings is 1. The lowest BCUT2D eigenvalue weighted by atomic mass is 9.95. The van der Waals surface area contributed by atoms with E-state index in [0.29, 0.717) is 66.6 Å². The highest BCUT2D eigenvalue weighted by atomic mass is 19.1. The molecule has 6 rings (SSSR count). The molecule has 0 aliphatic carbocycles. The minimum atomic E-state index is -0.618. The van der Waals surface area contributed by atoms with E-state index in [1.807, 2.05) is 89.8 Å². The molecule has 0 bridgehead atoms.